The molecule has 0 aromatic heterocycles. The quantitative estimate of drug-likeness (QED) is 0.200. The van der Waals surface area contributed by atoms with Gasteiger partial charge in [-0.3, -0.25) is 0 Å². The molecule has 0 amide bonds. The number of rotatable bonds is 7. The summed E-state index contributed by atoms with van der Waals surface area (Å²) in [5, 5.41) is 0. The summed E-state index contributed by atoms with van der Waals surface area (Å²) < 4.78 is 6.10. The Morgan fingerprint density at radius 3 is 0.771 bits per heavy atom. The van der Waals surface area contributed by atoms with Crippen molar-refractivity contribution < 1.29 is 20.4 Å². The fourth-order valence-electron chi connectivity index (χ4n) is 3.08. The molecule has 0 fully saturated rings. The third kappa shape index (κ3) is 16.8. The van der Waals surface area contributed by atoms with Crippen molar-refractivity contribution >= 4 is 64.3 Å². The molecule has 0 saturated carbocycles. The van der Waals surface area contributed by atoms with Crippen LogP contribution < -0.4 is 17.6 Å². The van der Waals surface area contributed by atoms with Gasteiger partial charge >= 0.3 is 190 Å². The van der Waals surface area contributed by atoms with E-state index < -0.39 is 30.9 Å². The zero-order valence-corrected chi connectivity index (χ0v) is 29.8. The van der Waals surface area contributed by atoms with Gasteiger partial charge in [0.05, 0.1) is 12.3 Å². The van der Waals surface area contributed by atoms with E-state index in [2.05, 4.69) is 148 Å². The van der Waals surface area contributed by atoms with Gasteiger partial charge in [0.2, 0.25) is 0 Å². The van der Waals surface area contributed by atoms with Gasteiger partial charge in [-0.15, -0.1) is 0 Å². The summed E-state index contributed by atoms with van der Waals surface area (Å²) in [4.78, 5) is 0. The zero-order chi connectivity index (χ0) is 24.4. The van der Waals surface area contributed by atoms with Crippen LogP contribution in [0.2, 0.25) is 0 Å². The summed E-state index contributed by atoms with van der Waals surface area (Å²) in [7, 11) is 0.191. The van der Waals surface area contributed by atoms with E-state index in [1.54, 1.807) is 0 Å². The molecule has 0 unspecified atom stereocenters. The Bertz CT molecular complexity index is 839. The van der Waals surface area contributed by atoms with E-state index in [4.69, 9.17) is 0 Å². The molecule has 0 aliphatic rings. The monoisotopic (exact) mass is 716 g/mol. The fraction of sp³-hybridized carbons (Fsp3) is 0.200. The molecule has 0 spiro atoms. The molecular formula is C30H40Ge2P2Pd+4. The topological polar surface area (TPSA) is 0 Å². The third-order valence-corrected chi connectivity index (χ3v) is 14.0. The molecule has 0 atom stereocenters. The Balaban J connectivity index is 0.000000268. The molecule has 184 valence electrons. The van der Waals surface area contributed by atoms with E-state index >= 15 is 0 Å². The predicted molar refractivity (Wildman–Crippen MR) is 169 cm³/mol. The van der Waals surface area contributed by atoms with Crippen LogP contribution >= 0.6 is 15.8 Å². The first-order valence-corrected chi connectivity index (χ1v) is 22.3. The maximum absolute atomic E-state index is 2.40. The van der Waals surface area contributed by atoms with Gasteiger partial charge < -0.3 is 0 Å². The average molecular weight is 714 g/mol. The van der Waals surface area contributed by atoms with E-state index in [1.165, 1.54) is 29.9 Å². The van der Waals surface area contributed by atoms with E-state index in [9.17, 15) is 0 Å². The van der Waals surface area contributed by atoms with Crippen LogP contribution in [0.3, 0.4) is 0 Å². The summed E-state index contributed by atoms with van der Waals surface area (Å²) in [6.07, 6.45) is 3.07. The molecule has 2 radical (unpaired) electrons. The van der Waals surface area contributed by atoms with Crippen molar-refractivity contribution in [1.29, 1.82) is 0 Å². The summed E-state index contributed by atoms with van der Waals surface area (Å²) in [6.45, 7) is 9.59. The van der Waals surface area contributed by atoms with Crippen LogP contribution in [-0.2, 0) is 20.4 Å². The van der Waals surface area contributed by atoms with Gasteiger partial charge in [-0.2, -0.15) is 0 Å². The average Bonchev–Trinajstić information content (AvgIpc) is 2.86. The minimum absolute atomic E-state index is 0. The van der Waals surface area contributed by atoms with Gasteiger partial charge in [-0.05, 0) is 15.8 Å². The Morgan fingerprint density at radius 2 is 0.600 bits per heavy atom. The van der Waals surface area contributed by atoms with Gasteiger partial charge in [-0.25, -0.2) is 0 Å². The zero-order valence-electron chi connectivity index (χ0n) is 21.4. The molecule has 0 saturated heterocycles. The van der Waals surface area contributed by atoms with Crippen LogP contribution in [0.5, 0.6) is 0 Å². The molecular weight excluding hydrogens is 674 g/mol. The van der Waals surface area contributed by atoms with E-state index in [-0.39, 0.29) is 36.3 Å². The van der Waals surface area contributed by atoms with Crippen LogP contribution in [0.1, 0.15) is 0 Å². The van der Waals surface area contributed by atoms with Crippen molar-refractivity contribution in [3.8, 4) is 0 Å². The Morgan fingerprint density at radius 1 is 0.400 bits per heavy atom. The number of hydrogen-bond acceptors (Lipinski definition) is 0. The van der Waals surface area contributed by atoms with Crippen molar-refractivity contribution in [3.63, 3.8) is 0 Å². The summed E-state index contributed by atoms with van der Waals surface area (Å²) in [5.41, 5.74) is 0. The fourth-order valence-corrected chi connectivity index (χ4v) is 12.2. The Labute approximate surface area is 243 Å². The summed E-state index contributed by atoms with van der Waals surface area (Å²) >= 11 is -0.784. The maximum atomic E-state index is 2.40. The van der Waals surface area contributed by atoms with Crippen molar-refractivity contribution in [2.75, 3.05) is 39.0 Å². The number of benzene rings is 4. The van der Waals surface area contributed by atoms with Gasteiger partial charge in [0.1, 0.15) is 0 Å². The molecule has 35 heavy (non-hydrogen) atoms. The normalized spacial score (nSPS) is 9.89. The molecule has 5 heteroatoms. The van der Waals surface area contributed by atoms with Crippen LogP contribution in [0.25, 0.3) is 0 Å². The molecule has 4 rings (SSSR count). The molecule has 4 aromatic rings. The predicted octanol–water partition coefficient (Wildman–Crippen LogP) is 4.08. The SMILES string of the molecule is C[PH+](C)CC[PH+](C)C.[Pd+2].c1cc[c]([GeH][c]2ccccc2)cc1.c1cc[c]([GeH][c]2ccccc2)cc1. The molecule has 0 heterocycles. The van der Waals surface area contributed by atoms with Crippen molar-refractivity contribution in [3.05, 3.63) is 121 Å². The van der Waals surface area contributed by atoms with Gasteiger partial charge in [0.25, 0.3) is 0 Å². The number of hydrogen-bond donors (Lipinski definition) is 0. The van der Waals surface area contributed by atoms with Crippen molar-refractivity contribution in [2.45, 2.75) is 0 Å². The molecule has 0 aliphatic heterocycles. The minimum atomic E-state index is -0.392. The third-order valence-electron chi connectivity index (χ3n) is 4.99. The van der Waals surface area contributed by atoms with Crippen LogP contribution in [0, 0.1) is 0 Å². The summed E-state index contributed by atoms with van der Waals surface area (Å²) in [5.74, 6) is 0. The molecule has 0 bridgehead atoms. The van der Waals surface area contributed by atoms with Crippen LogP contribution in [0.4, 0.5) is 0 Å². The first kappa shape index (κ1) is 32.5. The molecule has 0 nitrogen and oxygen atoms in total. The van der Waals surface area contributed by atoms with E-state index in [1.807, 2.05) is 0 Å². The van der Waals surface area contributed by atoms with Gasteiger partial charge in [0.15, 0.2) is 0 Å². The molecule has 0 aliphatic carbocycles. The molecule has 4 aromatic carbocycles. The van der Waals surface area contributed by atoms with Gasteiger partial charge in [-0.1, -0.05) is 0 Å². The van der Waals surface area contributed by atoms with Crippen molar-refractivity contribution in [2.24, 2.45) is 0 Å². The second-order valence-corrected chi connectivity index (χ2v) is 21.5. The second-order valence-electron chi connectivity index (χ2n) is 8.85. The standard InChI is InChI=1S/2C12H11Ge.C6H16P2.Pd/c2*1-3-7-11(8-4-1)13-12-9-5-2-6-10-12;1-7(2)5-6-8(3)4;/h2*1-10,13H;5-6H2,1-4H3;/q;;;+2/p+2. The van der Waals surface area contributed by atoms with E-state index in [0.29, 0.717) is 0 Å². The molecule has 0 N–H and O–H groups in total. The van der Waals surface area contributed by atoms with Gasteiger partial charge in [0, 0.05) is 26.7 Å². The van der Waals surface area contributed by atoms with Crippen molar-refractivity contribution in [1.82, 2.24) is 0 Å². The first-order chi connectivity index (χ1) is 16.5. The second kappa shape index (κ2) is 20.5. The van der Waals surface area contributed by atoms with E-state index in [0.717, 1.165) is 0 Å². The first-order valence-electron chi connectivity index (χ1n) is 12.0. The Hall–Kier alpha value is -0.512. The van der Waals surface area contributed by atoms with Crippen LogP contribution in [-0.4, -0.2) is 69.8 Å². The van der Waals surface area contributed by atoms with Crippen LogP contribution in [0.15, 0.2) is 121 Å². The summed E-state index contributed by atoms with van der Waals surface area (Å²) in [6, 6.07) is 43.1. The Kier molecular flexibility index (Phi) is 19.1.